The molecule has 4 rings (SSSR count). The molecule has 1 N–H and O–H groups in total. The molecular formula is C35H38N4O6S. The molecule has 0 saturated heterocycles. The lowest BCUT2D eigenvalue weighted by atomic mass is 10.0. The van der Waals surface area contributed by atoms with Crippen LogP contribution < -0.4 is 9.62 Å². The maximum atomic E-state index is 14.5. The molecule has 0 bridgehead atoms. The number of anilines is 1. The van der Waals surface area contributed by atoms with Crippen molar-refractivity contribution in [2.45, 2.75) is 44.7 Å². The molecule has 240 valence electrons. The topological polar surface area (TPSA) is 130 Å². The van der Waals surface area contributed by atoms with Crippen molar-refractivity contribution in [2.24, 2.45) is 5.92 Å². The molecule has 11 heteroatoms. The Hall–Kier alpha value is -5.03. The average Bonchev–Trinajstić information content (AvgIpc) is 3.05. The molecule has 0 aliphatic heterocycles. The third-order valence-electron chi connectivity index (χ3n) is 7.52. The number of hydrogen-bond donors (Lipinski definition) is 1. The fraction of sp³-hybridized carbons (Fsp3) is 0.257. The van der Waals surface area contributed by atoms with Crippen molar-refractivity contribution in [1.82, 2.24) is 10.2 Å². The number of carbonyl (C=O) groups excluding carboxylic acids is 2. The monoisotopic (exact) mass is 642 g/mol. The summed E-state index contributed by atoms with van der Waals surface area (Å²) in [4.78, 5) is 40.5. The smallest absolute Gasteiger partial charge is 0.269 e. The Kier molecular flexibility index (Phi) is 11.3. The summed E-state index contributed by atoms with van der Waals surface area (Å²) in [6.45, 7) is 5.65. The van der Waals surface area contributed by atoms with E-state index in [0.717, 1.165) is 21.0 Å². The van der Waals surface area contributed by atoms with Crippen molar-refractivity contribution < 1.29 is 22.9 Å². The van der Waals surface area contributed by atoms with E-state index in [4.69, 9.17) is 0 Å². The Labute approximate surface area is 269 Å². The third kappa shape index (κ3) is 8.57. The van der Waals surface area contributed by atoms with Gasteiger partial charge >= 0.3 is 0 Å². The fourth-order valence-electron chi connectivity index (χ4n) is 4.94. The minimum absolute atomic E-state index is 0.0532. The highest BCUT2D eigenvalue weighted by atomic mass is 32.2. The lowest BCUT2D eigenvalue weighted by Gasteiger charge is -2.34. The minimum atomic E-state index is -4.31. The SMILES string of the molecule is Cc1ccccc1CN(C(=O)CN(c1ccc([N+](=O)[O-])cc1)S(=O)(=O)c1ccccc1)[C@H](Cc1ccccc1)C(=O)NCC(C)C. The number of nitro benzene ring substituents is 1. The third-order valence-corrected chi connectivity index (χ3v) is 9.30. The molecule has 0 aromatic heterocycles. The second kappa shape index (κ2) is 15.3. The van der Waals surface area contributed by atoms with Gasteiger partial charge in [-0.05, 0) is 53.8 Å². The zero-order valence-electron chi connectivity index (χ0n) is 26.1. The quantitative estimate of drug-likeness (QED) is 0.143. The fourth-order valence-corrected chi connectivity index (χ4v) is 6.37. The zero-order valence-corrected chi connectivity index (χ0v) is 26.9. The van der Waals surface area contributed by atoms with Gasteiger partial charge in [-0.25, -0.2) is 8.42 Å². The lowest BCUT2D eigenvalue weighted by Crippen LogP contribution is -2.53. The van der Waals surface area contributed by atoms with Crippen LogP contribution in [0.1, 0.15) is 30.5 Å². The van der Waals surface area contributed by atoms with Gasteiger partial charge in [0.15, 0.2) is 0 Å². The molecule has 0 heterocycles. The second-order valence-corrected chi connectivity index (χ2v) is 13.3. The van der Waals surface area contributed by atoms with Crippen LogP contribution in [0.5, 0.6) is 0 Å². The average molecular weight is 643 g/mol. The summed E-state index contributed by atoms with van der Waals surface area (Å²) in [6.07, 6.45) is 0.200. The summed E-state index contributed by atoms with van der Waals surface area (Å²) >= 11 is 0. The van der Waals surface area contributed by atoms with E-state index in [1.165, 1.54) is 41.3 Å². The van der Waals surface area contributed by atoms with Crippen LogP contribution in [0.15, 0.2) is 114 Å². The first-order chi connectivity index (χ1) is 22.0. The van der Waals surface area contributed by atoms with Gasteiger partial charge in [-0.2, -0.15) is 0 Å². The number of amides is 2. The van der Waals surface area contributed by atoms with E-state index < -0.39 is 33.4 Å². The van der Waals surface area contributed by atoms with Crippen molar-refractivity contribution in [3.05, 3.63) is 136 Å². The first kappa shape index (κ1) is 33.9. The van der Waals surface area contributed by atoms with Crippen molar-refractivity contribution in [3.8, 4) is 0 Å². The number of rotatable bonds is 14. The summed E-state index contributed by atoms with van der Waals surface area (Å²) in [5.41, 5.74) is 2.39. The highest BCUT2D eigenvalue weighted by Crippen LogP contribution is 2.27. The summed E-state index contributed by atoms with van der Waals surface area (Å²) in [7, 11) is -4.31. The van der Waals surface area contributed by atoms with E-state index in [9.17, 15) is 28.1 Å². The number of nitrogens with zero attached hydrogens (tertiary/aromatic N) is 3. The summed E-state index contributed by atoms with van der Waals surface area (Å²) in [6, 6.07) is 28.5. The molecule has 2 amide bonds. The van der Waals surface area contributed by atoms with Crippen LogP contribution in [0.4, 0.5) is 11.4 Å². The molecule has 10 nitrogen and oxygen atoms in total. The van der Waals surface area contributed by atoms with Crippen LogP contribution in [0, 0.1) is 23.0 Å². The van der Waals surface area contributed by atoms with Crippen molar-refractivity contribution in [3.63, 3.8) is 0 Å². The Morgan fingerprint density at radius 3 is 2.02 bits per heavy atom. The van der Waals surface area contributed by atoms with Crippen molar-refractivity contribution in [2.75, 3.05) is 17.4 Å². The molecule has 4 aromatic carbocycles. The van der Waals surface area contributed by atoms with Crippen LogP contribution in [0.25, 0.3) is 0 Å². The molecule has 0 fully saturated rings. The molecule has 1 atom stereocenters. The van der Waals surface area contributed by atoms with Gasteiger partial charge in [0, 0.05) is 31.6 Å². The Bertz CT molecular complexity index is 1750. The van der Waals surface area contributed by atoms with Gasteiger partial charge in [-0.3, -0.25) is 24.0 Å². The van der Waals surface area contributed by atoms with Gasteiger partial charge in [0.1, 0.15) is 12.6 Å². The summed E-state index contributed by atoms with van der Waals surface area (Å²) in [5.74, 6) is -0.801. The van der Waals surface area contributed by atoms with Crippen LogP contribution in [0.3, 0.4) is 0 Å². The number of nitro groups is 1. The standard InChI is InChI=1S/C35H38N4O6S/c1-26(2)23-36-35(41)33(22-28-13-6-4-7-14-28)37(24-29-15-11-10-12-27(29)3)34(40)25-38(30-18-20-31(21-19-30)39(42)43)46(44,45)32-16-8-5-9-17-32/h4-21,26,33H,22-25H2,1-3H3,(H,36,41)/t33-/m1/s1. The number of benzene rings is 4. The molecular weight excluding hydrogens is 604 g/mol. The number of carbonyl (C=O) groups is 2. The van der Waals surface area contributed by atoms with E-state index in [1.807, 2.05) is 75.4 Å². The highest BCUT2D eigenvalue weighted by molar-refractivity contribution is 7.92. The highest BCUT2D eigenvalue weighted by Gasteiger charge is 2.35. The second-order valence-electron chi connectivity index (χ2n) is 11.4. The van der Waals surface area contributed by atoms with Gasteiger partial charge in [0.05, 0.1) is 15.5 Å². The predicted molar refractivity (Wildman–Crippen MR) is 178 cm³/mol. The van der Waals surface area contributed by atoms with Crippen molar-refractivity contribution in [1.29, 1.82) is 0 Å². The van der Waals surface area contributed by atoms with Crippen LogP contribution in [0.2, 0.25) is 0 Å². The molecule has 0 aliphatic rings. The van der Waals surface area contributed by atoms with Gasteiger partial charge in [-0.15, -0.1) is 0 Å². The molecule has 0 saturated carbocycles. The van der Waals surface area contributed by atoms with Gasteiger partial charge in [-0.1, -0.05) is 86.6 Å². The number of sulfonamides is 1. The summed E-state index contributed by atoms with van der Waals surface area (Å²) in [5, 5.41) is 14.3. The molecule has 46 heavy (non-hydrogen) atoms. The maximum Gasteiger partial charge on any atom is 0.269 e. The van der Waals surface area contributed by atoms with E-state index in [2.05, 4.69) is 5.32 Å². The lowest BCUT2D eigenvalue weighted by molar-refractivity contribution is -0.384. The van der Waals surface area contributed by atoms with Gasteiger partial charge in [0.25, 0.3) is 15.7 Å². The molecule has 0 radical (unpaired) electrons. The number of non-ortho nitro benzene ring substituents is 1. The van der Waals surface area contributed by atoms with E-state index in [0.29, 0.717) is 6.54 Å². The summed E-state index contributed by atoms with van der Waals surface area (Å²) < 4.78 is 29.0. The van der Waals surface area contributed by atoms with Gasteiger partial charge in [0.2, 0.25) is 11.8 Å². The normalized spacial score (nSPS) is 11.9. The van der Waals surface area contributed by atoms with Gasteiger partial charge < -0.3 is 10.2 Å². The number of hydrogen-bond acceptors (Lipinski definition) is 6. The molecule has 4 aromatic rings. The Morgan fingerprint density at radius 1 is 0.848 bits per heavy atom. The molecule has 0 unspecified atom stereocenters. The van der Waals surface area contributed by atoms with Crippen LogP contribution in [-0.2, 0) is 32.6 Å². The minimum Gasteiger partial charge on any atom is -0.354 e. The number of aryl methyl sites for hydroxylation is 1. The Balaban J connectivity index is 1.81. The molecule has 0 spiro atoms. The van der Waals surface area contributed by atoms with Crippen LogP contribution in [-0.4, -0.2) is 49.2 Å². The first-order valence-electron chi connectivity index (χ1n) is 14.9. The van der Waals surface area contributed by atoms with Crippen molar-refractivity contribution >= 4 is 33.2 Å². The maximum absolute atomic E-state index is 14.5. The molecule has 0 aliphatic carbocycles. The van der Waals surface area contributed by atoms with E-state index in [1.54, 1.807) is 18.2 Å². The largest absolute Gasteiger partial charge is 0.354 e. The number of nitrogens with one attached hydrogen (secondary N) is 1. The predicted octanol–water partition coefficient (Wildman–Crippen LogP) is 5.51. The Morgan fingerprint density at radius 2 is 1.43 bits per heavy atom. The van der Waals surface area contributed by atoms with E-state index >= 15 is 0 Å². The zero-order chi connectivity index (χ0) is 33.3. The first-order valence-corrected chi connectivity index (χ1v) is 16.4. The van der Waals surface area contributed by atoms with E-state index in [-0.39, 0.29) is 41.1 Å². The van der Waals surface area contributed by atoms with Crippen LogP contribution >= 0.6 is 0 Å².